The van der Waals surface area contributed by atoms with Crippen LogP contribution < -0.4 is 0 Å². The van der Waals surface area contributed by atoms with E-state index in [0.29, 0.717) is 12.5 Å². The summed E-state index contributed by atoms with van der Waals surface area (Å²) >= 11 is 3.56. The van der Waals surface area contributed by atoms with E-state index in [1.165, 1.54) is 19.3 Å². The molecular formula is C25H26BrN3O. The van der Waals surface area contributed by atoms with Crippen molar-refractivity contribution in [2.24, 2.45) is 0 Å². The molecule has 2 heterocycles. The number of amides is 1. The minimum atomic E-state index is -0.580. The number of rotatable bonds is 4. The highest BCUT2D eigenvalue weighted by Gasteiger charge is 2.47. The van der Waals surface area contributed by atoms with Crippen molar-refractivity contribution in [3.8, 4) is 11.4 Å². The fourth-order valence-corrected chi connectivity index (χ4v) is 5.56. The number of hydrogen-bond donors (Lipinski definition) is 0. The average Bonchev–Trinajstić information content (AvgIpc) is 3.36. The van der Waals surface area contributed by atoms with Crippen LogP contribution in [0.1, 0.15) is 49.7 Å². The quantitative estimate of drug-likeness (QED) is 0.504. The molecule has 4 nitrogen and oxygen atoms in total. The summed E-state index contributed by atoms with van der Waals surface area (Å²) in [6, 6.07) is 17.1. The molecule has 0 spiro atoms. The molecule has 0 N–H and O–H groups in total. The van der Waals surface area contributed by atoms with Crippen molar-refractivity contribution in [1.82, 2.24) is 14.5 Å². The number of aromatic nitrogens is 2. The average molecular weight is 464 g/mol. The Bertz CT molecular complexity index is 1070. The first-order chi connectivity index (χ1) is 14.6. The van der Waals surface area contributed by atoms with Crippen molar-refractivity contribution >= 4 is 21.8 Å². The van der Waals surface area contributed by atoms with Crippen molar-refractivity contribution in [2.45, 2.75) is 50.1 Å². The Morgan fingerprint density at radius 2 is 1.87 bits per heavy atom. The molecule has 5 rings (SSSR count). The van der Waals surface area contributed by atoms with E-state index < -0.39 is 5.54 Å². The van der Waals surface area contributed by atoms with Crippen LogP contribution in [-0.4, -0.2) is 33.4 Å². The van der Waals surface area contributed by atoms with Gasteiger partial charge in [-0.1, -0.05) is 71.6 Å². The molecule has 0 radical (unpaired) electrons. The first kappa shape index (κ1) is 19.6. The number of fused-ring (bicyclic) bond motifs is 3. The molecule has 1 aliphatic carbocycles. The topological polar surface area (TPSA) is 38.1 Å². The molecule has 30 heavy (non-hydrogen) atoms. The van der Waals surface area contributed by atoms with Crippen LogP contribution in [0.3, 0.4) is 0 Å². The van der Waals surface area contributed by atoms with E-state index in [1.54, 1.807) is 0 Å². The first-order valence-corrected chi connectivity index (χ1v) is 11.6. The Morgan fingerprint density at radius 3 is 2.63 bits per heavy atom. The van der Waals surface area contributed by atoms with Crippen molar-refractivity contribution in [1.29, 1.82) is 0 Å². The molecule has 1 aromatic heterocycles. The second-order valence-corrected chi connectivity index (χ2v) is 9.42. The Hall–Kier alpha value is -2.40. The predicted octanol–water partition coefficient (Wildman–Crippen LogP) is 5.60. The van der Waals surface area contributed by atoms with Gasteiger partial charge in [-0.15, -0.1) is 0 Å². The minimum absolute atomic E-state index is 0.196. The lowest BCUT2D eigenvalue weighted by Gasteiger charge is -2.37. The third-order valence-corrected chi connectivity index (χ3v) is 7.44. The molecule has 0 bridgehead atoms. The third kappa shape index (κ3) is 3.02. The molecular weight excluding hydrogens is 438 g/mol. The molecule has 1 atom stereocenters. The van der Waals surface area contributed by atoms with Crippen LogP contribution in [0.5, 0.6) is 0 Å². The molecule has 5 heteroatoms. The van der Waals surface area contributed by atoms with Gasteiger partial charge in [0.05, 0.1) is 6.42 Å². The van der Waals surface area contributed by atoms with Crippen LogP contribution in [0, 0.1) is 0 Å². The largest absolute Gasteiger partial charge is 0.343 e. The lowest BCUT2D eigenvalue weighted by Crippen LogP contribution is -2.44. The van der Waals surface area contributed by atoms with Gasteiger partial charge < -0.3 is 9.47 Å². The maximum atomic E-state index is 13.7. The monoisotopic (exact) mass is 463 g/mol. The Balaban J connectivity index is 1.62. The summed E-state index contributed by atoms with van der Waals surface area (Å²) in [5, 5.41) is 0. The number of carbonyl (C=O) groups excluding carboxylic acids is 1. The highest BCUT2D eigenvalue weighted by atomic mass is 79.9. The molecule has 1 aliphatic heterocycles. The smallest absolute Gasteiger partial charge is 0.225 e. The van der Waals surface area contributed by atoms with Crippen molar-refractivity contribution < 1.29 is 4.79 Å². The van der Waals surface area contributed by atoms with Gasteiger partial charge in [-0.2, -0.15) is 0 Å². The maximum Gasteiger partial charge on any atom is 0.225 e. The Morgan fingerprint density at radius 1 is 1.13 bits per heavy atom. The van der Waals surface area contributed by atoms with E-state index in [9.17, 15) is 4.79 Å². The molecule has 154 valence electrons. The molecule has 1 amide bonds. The fraction of sp³-hybridized carbons (Fsp3) is 0.360. The van der Waals surface area contributed by atoms with Gasteiger partial charge in [0.1, 0.15) is 11.4 Å². The van der Waals surface area contributed by atoms with Gasteiger partial charge in [-0.3, -0.25) is 4.79 Å². The molecule has 3 aromatic rings. The second kappa shape index (κ2) is 7.69. The van der Waals surface area contributed by atoms with Crippen molar-refractivity contribution in [3.63, 3.8) is 0 Å². The summed E-state index contributed by atoms with van der Waals surface area (Å²) in [4.78, 5) is 20.3. The summed E-state index contributed by atoms with van der Waals surface area (Å²) in [5.74, 6) is 1.13. The lowest BCUT2D eigenvalue weighted by atomic mass is 9.79. The number of nitrogens with zero attached hydrogens (tertiary/aromatic N) is 3. The standard InChI is InChI=1S/C25H26BrN3O/c1-28(20-7-3-2-4-8-20)23(30)17-25(18-11-13-19(26)14-12-18)22-10-6-5-9-21(22)24-27-15-16-29(24)25/h5-6,9-16,20H,2-4,7-8,17H2,1H3. The number of benzene rings is 2. The summed E-state index contributed by atoms with van der Waals surface area (Å²) in [6.45, 7) is 0. The number of carbonyl (C=O) groups is 1. The van der Waals surface area contributed by atoms with Gasteiger partial charge in [0.15, 0.2) is 0 Å². The van der Waals surface area contributed by atoms with Gasteiger partial charge >= 0.3 is 0 Å². The van der Waals surface area contributed by atoms with Crippen LogP contribution in [0.4, 0.5) is 0 Å². The van der Waals surface area contributed by atoms with E-state index in [2.05, 4.69) is 67.9 Å². The summed E-state index contributed by atoms with van der Waals surface area (Å²) < 4.78 is 3.23. The number of halogens is 1. The van der Waals surface area contributed by atoms with Crippen LogP contribution in [0.2, 0.25) is 0 Å². The van der Waals surface area contributed by atoms with Crippen LogP contribution in [-0.2, 0) is 10.3 Å². The van der Waals surface area contributed by atoms with Crippen LogP contribution in [0.25, 0.3) is 11.4 Å². The van der Waals surface area contributed by atoms with Gasteiger partial charge in [0.2, 0.25) is 5.91 Å². The van der Waals surface area contributed by atoms with Gasteiger partial charge in [-0.25, -0.2) is 4.98 Å². The fourth-order valence-electron chi connectivity index (χ4n) is 5.30. The highest BCUT2D eigenvalue weighted by Crippen LogP contribution is 2.49. The maximum absolute atomic E-state index is 13.7. The zero-order chi connectivity index (χ0) is 20.7. The summed E-state index contributed by atoms with van der Waals surface area (Å²) in [5.41, 5.74) is 2.79. The van der Waals surface area contributed by atoms with Crippen LogP contribution in [0.15, 0.2) is 65.4 Å². The van der Waals surface area contributed by atoms with Gasteiger partial charge in [0.25, 0.3) is 0 Å². The molecule has 1 unspecified atom stereocenters. The lowest BCUT2D eigenvalue weighted by molar-refractivity contribution is -0.133. The first-order valence-electron chi connectivity index (χ1n) is 10.8. The second-order valence-electron chi connectivity index (χ2n) is 8.51. The summed E-state index contributed by atoms with van der Waals surface area (Å²) in [7, 11) is 1.99. The van der Waals surface area contributed by atoms with E-state index in [-0.39, 0.29) is 5.91 Å². The Labute approximate surface area is 186 Å². The third-order valence-electron chi connectivity index (χ3n) is 6.91. The van der Waals surface area contributed by atoms with Gasteiger partial charge in [0, 0.05) is 35.5 Å². The SMILES string of the molecule is CN(C(=O)CC1(c2ccc(Br)cc2)c2ccccc2-c2nccn21)C1CCCCC1. The number of hydrogen-bond acceptors (Lipinski definition) is 2. The summed E-state index contributed by atoms with van der Waals surface area (Å²) in [6.07, 6.45) is 10.2. The van der Waals surface area contributed by atoms with E-state index in [4.69, 9.17) is 0 Å². The minimum Gasteiger partial charge on any atom is -0.343 e. The molecule has 0 saturated heterocycles. The predicted molar refractivity (Wildman–Crippen MR) is 122 cm³/mol. The van der Waals surface area contributed by atoms with Crippen molar-refractivity contribution in [3.05, 3.63) is 76.5 Å². The van der Waals surface area contributed by atoms with Crippen LogP contribution >= 0.6 is 15.9 Å². The molecule has 2 aliphatic rings. The molecule has 1 saturated carbocycles. The highest BCUT2D eigenvalue weighted by molar-refractivity contribution is 9.10. The van der Waals surface area contributed by atoms with E-state index >= 15 is 0 Å². The van der Waals surface area contributed by atoms with Gasteiger partial charge in [-0.05, 0) is 36.1 Å². The molecule has 2 aromatic carbocycles. The Kier molecular flexibility index (Phi) is 5.02. The van der Waals surface area contributed by atoms with Crippen molar-refractivity contribution in [2.75, 3.05) is 7.05 Å². The van der Waals surface area contributed by atoms with E-state index in [1.807, 2.05) is 30.4 Å². The normalized spacial score (nSPS) is 20.6. The molecule has 1 fully saturated rings. The number of imidazole rings is 1. The zero-order valence-electron chi connectivity index (χ0n) is 17.2. The van der Waals surface area contributed by atoms with E-state index in [0.717, 1.165) is 39.8 Å². The zero-order valence-corrected chi connectivity index (χ0v) is 18.8.